The largest absolute Gasteiger partial charge is 0.480 e. The van der Waals surface area contributed by atoms with E-state index in [0.29, 0.717) is 6.42 Å². The highest BCUT2D eigenvalue weighted by Gasteiger charge is 2.36. The molecule has 1 unspecified atom stereocenters. The number of carboxylic acid groups (broad SMARTS) is 1. The van der Waals surface area contributed by atoms with Gasteiger partial charge in [-0.2, -0.15) is 0 Å². The zero-order chi connectivity index (χ0) is 13.8. The van der Waals surface area contributed by atoms with E-state index in [2.05, 4.69) is 5.32 Å². The van der Waals surface area contributed by atoms with E-state index in [1.807, 2.05) is 37.3 Å². The highest BCUT2D eigenvalue weighted by molar-refractivity contribution is 6.01. The molecule has 0 fully saturated rings. The van der Waals surface area contributed by atoms with Gasteiger partial charge in [-0.15, -0.1) is 0 Å². The van der Waals surface area contributed by atoms with Crippen molar-refractivity contribution < 1.29 is 14.7 Å². The minimum Gasteiger partial charge on any atom is -0.480 e. The number of amides is 1. The number of carboxylic acids is 1. The molecule has 18 heavy (non-hydrogen) atoms. The van der Waals surface area contributed by atoms with Crippen LogP contribution in [0.2, 0.25) is 0 Å². The summed E-state index contributed by atoms with van der Waals surface area (Å²) in [6.45, 7) is 4.76. The molecule has 1 amide bonds. The fraction of sp³-hybridized carbons (Fsp3) is 0.429. The first-order valence-corrected chi connectivity index (χ1v) is 5.99. The molecule has 0 bridgehead atoms. The Bertz CT molecular complexity index is 426. The Morgan fingerprint density at radius 1 is 1.28 bits per heavy atom. The van der Waals surface area contributed by atoms with Crippen LogP contribution in [0.1, 0.15) is 38.8 Å². The first kappa shape index (κ1) is 14.2. The molecule has 0 aliphatic rings. The molecule has 4 heteroatoms. The summed E-state index contributed by atoms with van der Waals surface area (Å²) in [5, 5.41) is 11.8. The Labute approximate surface area is 107 Å². The molecule has 98 valence electrons. The monoisotopic (exact) mass is 249 g/mol. The molecule has 0 heterocycles. The molecule has 0 spiro atoms. The van der Waals surface area contributed by atoms with E-state index in [0.717, 1.165) is 5.56 Å². The van der Waals surface area contributed by atoms with Crippen molar-refractivity contribution in [1.29, 1.82) is 0 Å². The predicted molar refractivity (Wildman–Crippen MR) is 69.0 cm³/mol. The SMILES string of the molecule is CCC(NC(=O)C(C)(C)C(=O)O)c1ccccc1. The second-order valence-corrected chi connectivity index (χ2v) is 4.78. The molecule has 0 saturated heterocycles. The van der Waals surface area contributed by atoms with E-state index in [4.69, 9.17) is 5.11 Å². The van der Waals surface area contributed by atoms with E-state index in [-0.39, 0.29) is 6.04 Å². The van der Waals surface area contributed by atoms with E-state index < -0.39 is 17.3 Å². The number of nitrogens with one attached hydrogen (secondary N) is 1. The van der Waals surface area contributed by atoms with Crippen LogP contribution in [-0.2, 0) is 9.59 Å². The Morgan fingerprint density at radius 3 is 2.28 bits per heavy atom. The maximum atomic E-state index is 12.0. The molecule has 1 aromatic rings. The van der Waals surface area contributed by atoms with Gasteiger partial charge in [0.2, 0.25) is 5.91 Å². The first-order valence-electron chi connectivity index (χ1n) is 5.99. The van der Waals surface area contributed by atoms with Crippen molar-refractivity contribution in [3.63, 3.8) is 0 Å². The number of carbonyl (C=O) groups excluding carboxylic acids is 1. The molecule has 0 radical (unpaired) electrons. The maximum Gasteiger partial charge on any atom is 0.318 e. The molecule has 2 N–H and O–H groups in total. The second-order valence-electron chi connectivity index (χ2n) is 4.78. The summed E-state index contributed by atoms with van der Waals surface area (Å²) >= 11 is 0. The molecule has 0 aromatic heterocycles. The topological polar surface area (TPSA) is 66.4 Å². The van der Waals surface area contributed by atoms with Crippen LogP contribution in [0, 0.1) is 5.41 Å². The van der Waals surface area contributed by atoms with Gasteiger partial charge in [-0.3, -0.25) is 9.59 Å². The highest BCUT2D eigenvalue weighted by Crippen LogP contribution is 2.21. The average molecular weight is 249 g/mol. The lowest BCUT2D eigenvalue weighted by Gasteiger charge is -2.24. The minimum absolute atomic E-state index is 0.155. The number of carbonyl (C=O) groups is 2. The van der Waals surface area contributed by atoms with E-state index in [1.165, 1.54) is 13.8 Å². The van der Waals surface area contributed by atoms with Crippen LogP contribution in [0.4, 0.5) is 0 Å². The summed E-state index contributed by atoms with van der Waals surface area (Å²) in [4.78, 5) is 23.0. The lowest BCUT2D eigenvalue weighted by atomic mass is 9.91. The minimum atomic E-state index is -1.41. The smallest absolute Gasteiger partial charge is 0.318 e. The van der Waals surface area contributed by atoms with Gasteiger partial charge in [0.05, 0.1) is 6.04 Å². The van der Waals surface area contributed by atoms with Crippen LogP contribution in [0.15, 0.2) is 30.3 Å². The van der Waals surface area contributed by atoms with Crippen molar-refractivity contribution in [3.05, 3.63) is 35.9 Å². The van der Waals surface area contributed by atoms with Crippen LogP contribution in [0.3, 0.4) is 0 Å². The standard InChI is InChI=1S/C14H19NO3/c1-4-11(10-8-6-5-7-9-10)15-12(16)14(2,3)13(17)18/h5-9,11H,4H2,1-3H3,(H,15,16)(H,17,18). The third-order valence-corrected chi connectivity index (χ3v) is 3.02. The number of hydrogen-bond donors (Lipinski definition) is 2. The van der Waals surface area contributed by atoms with E-state index >= 15 is 0 Å². The van der Waals surface area contributed by atoms with Gasteiger partial charge in [-0.25, -0.2) is 0 Å². The van der Waals surface area contributed by atoms with Crippen LogP contribution >= 0.6 is 0 Å². The van der Waals surface area contributed by atoms with Gasteiger partial charge in [-0.05, 0) is 25.8 Å². The Hall–Kier alpha value is -1.84. The summed E-state index contributed by atoms with van der Waals surface area (Å²) in [6.07, 6.45) is 0.714. The average Bonchev–Trinajstić information content (AvgIpc) is 2.36. The number of rotatable bonds is 5. The molecule has 1 rings (SSSR count). The summed E-state index contributed by atoms with van der Waals surface area (Å²) in [5.74, 6) is -1.59. The van der Waals surface area contributed by atoms with Gasteiger partial charge in [-0.1, -0.05) is 37.3 Å². The molecule has 1 aromatic carbocycles. The summed E-state index contributed by atoms with van der Waals surface area (Å²) in [7, 11) is 0. The van der Waals surface area contributed by atoms with E-state index in [9.17, 15) is 9.59 Å². The van der Waals surface area contributed by atoms with Gasteiger partial charge >= 0.3 is 5.97 Å². The molecular weight excluding hydrogens is 230 g/mol. The van der Waals surface area contributed by atoms with Crippen molar-refractivity contribution in [2.75, 3.05) is 0 Å². The molecule has 4 nitrogen and oxygen atoms in total. The fourth-order valence-electron chi connectivity index (χ4n) is 1.54. The molecule has 1 atom stereocenters. The Morgan fingerprint density at radius 2 is 1.83 bits per heavy atom. The van der Waals surface area contributed by atoms with Crippen LogP contribution in [0.5, 0.6) is 0 Å². The van der Waals surface area contributed by atoms with E-state index in [1.54, 1.807) is 0 Å². The molecular formula is C14H19NO3. The van der Waals surface area contributed by atoms with Gasteiger partial charge in [0.25, 0.3) is 0 Å². The highest BCUT2D eigenvalue weighted by atomic mass is 16.4. The first-order chi connectivity index (χ1) is 8.39. The van der Waals surface area contributed by atoms with Crippen molar-refractivity contribution in [1.82, 2.24) is 5.32 Å². The van der Waals surface area contributed by atoms with Crippen molar-refractivity contribution in [2.45, 2.75) is 33.2 Å². The zero-order valence-electron chi connectivity index (χ0n) is 10.9. The third-order valence-electron chi connectivity index (χ3n) is 3.02. The van der Waals surface area contributed by atoms with Gasteiger partial charge in [0.15, 0.2) is 0 Å². The van der Waals surface area contributed by atoms with Gasteiger partial charge in [0, 0.05) is 0 Å². The van der Waals surface area contributed by atoms with Gasteiger partial charge < -0.3 is 10.4 Å². The lowest BCUT2D eigenvalue weighted by Crippen LogP contribution is -2.43. The summed E-state index contributed by atoms with van der Waals surface area (Å²) in [6, 6.07) is 9.38. The number of aliphatic carboxylic acids is 1. The fourth-order valence-corrected chi connectivity index (χ4v) is 1.54. The predicted octanol–water partition coefficient (Wildman–Crippen LogP) is 2.36. The van der Waals surface area contributed by atoms with Crippen LogP contribution in [0.25, 0.3) is 0 Å². The van der Waals surface area contributed by atoms with Crippen LogP contribution in [-0.4, -0.2) is 17.0 Å². The third kappa shape index (κ3) is 3.09. The Balaban J connectivity index is 2.82. The maximum absolute atomic E-state index is 12.0. The zero-order valence-corrected chi connectivity index (χ0v) is 10.9. The van der Waals surface area contributed by atoms with Crippen molar-refractivity contribution in [2.24, 2.45) is 5.41 Å². The van der Waals surface area contributed by atoms with Crippen molar-refractivity contribution >= 4 is 11.9 Å². The number of hydrogen-bond acceptors (Lipinski definition) is 2. The summed E-state index contributed by atoms with van der Waals surface area (Å²) in [5.41, 5.74) is -0.433. The van der Waals surface area contributed by atoms with Crippen molar-refractivity contribution in [3.8, 4) is 0 Å². The molecule has 0 aliphatic heterocycles. The molecule has 0 saturated carbocycles. The second kappa shape index (κ2) is 5.67. The quantitative estimate of drug-likeness (QED) is 0.787. The lowest BCUT2D eigenvalue weighted by molar-refractivity contribution is -0.153. The normalized spacial score (nSPS) is 12.8. The number of benzene rings is 1. The molecule has 0 aliphatic carbocycles. The summed E-state index contributed by atoms with van der Waals surface area (Å²) < 4.78 is 0. The van der Waals surface area contributed by atoms with Crippen LogP contribution < -0.4 is 5.32 Å². The van der Waals surface area contributed by atoms with Gasteiger partial charge in [0.1, 0.15) is 5.41 Å². The Kier molecular flexibility index (Phi) is 4.48.